The Bertz CT molecular complexity index is 823. The lowest BCUT2D eigenvalue weighted by molar-refractivity contribution is 0.237. The van der Waals surface area contributed by atoms with Gasteiger partial charge in [0.05, 0.1) is 10.9 Å². The van der Waals surface area contributed by atoms with Crippen molar-refractivity contribution in [1.82, 2.24) is 10.6 Å². The Labute approximate surface area is 139 Å². The molecule has 1 atom stereocenters. The highest BCUT2D eigenvalue weighted by Crippen LogP contribution is 2.15. The SMILES string of the molecule is CC(NC(=O)NCc1ccc(S(N)(=O)=O)cc1)c1ccccc1F. The number of urea groups is 1. The summed E-state index contributed by atoms with van der Waals surface area (Å²) in [5.74, 6) is -0.385. The predicted octanol–water partition coefficient (Wildman–Crippen LogP) is 2.03. The van der Waals surface area contributed by atoms with E-state index in [0.717, 1.165) is 0 Å². The zero-order chi connectivity index (χ0) is 17.7. The van der Waals surface area contributed by atoms with Gasteiger partial charge in [-0.05, 0) is 30.7 Å². The maximum atomic E-state index is 13.6. The first-order chi connectivity index (χ1) is 11.3. The molecule has 24 heavy (non-hydrogen) atoms. The van der Waals surface area contributed by atoms with Crippen molar-refractivity contribution in [3.05, 3.63) is 65.5 Å². The second kappa shape index (κ2) is 7.41. The van der Waals surface area contributed by atoms with Crippen LogP contribution in [0.5, 0.6) is 0 Å². The third-order valence-electron chi connectivity index (χ3n) is 3.42. The lowest BCUT2D eigenvalue weighted by Gasteiger charge is -2.15. The van der Waals surface area contributed by atoms with Crippen molar-refractivity contribution in [3.63, 3.8) is 0 Å². The first kappa shape index (κ1) is 17.9. The molecule has 2 rings (SSSR count). The van der Waals surface area contributed by atoms with Crippen molar-refractivity contribution >= 4 is 16.1 Å². The Morgan fingerprint density at radius 3 is 2.38 bits per heavy atom. The number of nitrogens with one attached hydrogen (secondary N) is 2. The molecule has 0 spiro atoms. The van der Waals surface area contributed by atoms with Crippen molar-refractivity contribution in [2.45, 2.75) is 24.4 Å². The summed E-state index contributed by atoms with van der Waals surface area (Å²) in [6.45, 7) is 1.87. The van der Waals surface area contributed by atoms with Gasteiger partial charge in [0.25, 0.3) is 0 Å². The van der Waals surface area contributed by atoms with Crippen LogP contribution in [0.2, 0.25) is 0 Å². The van der Waals surface area contributed by atoms with Crippen LogP contribution in [0, 0.1) is 5.82 Å². The Kier molecular flexibility index (Phi) is 5.53. The molecule has 6 nitrogen and oxygen atoms in total. The van der Waals surface area contributed by atoms with Crippen LogP contribution >= 0.6 is 0 Å². The highest BCUT2D eigenvalue weighted by Gasteiger charge is 2.13. The quantitative estimate of drug-likeness (QED) is 0.768. The molecule has 0 aliphatic rings. The minimum atomic E-state index is -3.74. The third-order valence-corrected chi connectivity index (χ3v) is 4.35. The molecule has 2 aromatic carbocycles. The molecule has 0 aliphatic carbocycles. The number of carbonyl (C=O) groups excluding carboxylic acids is 1. The molecular formula is C16H18FN3O3S. The van der Waals surface area contributed by atoms with Gasteiger partial charge in [-0.3, -0.25) is 0 Å². The van der Waals surface area contributed by atoms with Crippen molar-refractivity contribution < 1.29 is 17.6 Å². The van der Waals surface area contributed by atoms with Crippen LogP contribution in [0.4, 0.5) is 9.18 Å². The fourth-order valence-corrected chi connectivity index (χ4v) is 2.65. The van der Waals surface area contributed by atoms with E-state index in [1.165, 1.54) is 18.2 Å². The van der Waals surface area contributed by atoms with Gasteiger partial charge >= 0.3 is 6.03 Å². The van der Waals surface area contributed by atoms with Crippen LogP contribution in [0.3, 0.4) is 0 Å². The summed E-state index contributed by atoms with van der Waals surface area (Å²) >= 11 is 0. The first-order valence-corrected chi connectivity index (χ1v) is 8.72. The van der Waals surface area contributed by atoms with Crippen LogP contribution in [0.25, 0.3) is 0 Å². The number of sulfonamides is 1. The molecule has 0 aliphatic heterocycles. The number of hydrogen-bond donors (Lipinski definition) is 3. The number of nitrogens with two attached hydrogens (primary N) is 1. The maximum absolute atomic E-state index is 13.6. The summed E-state index contributed by atoms with van der Waals surface area (Å²) in [5, 5.41) is 10.3. The topological polar surface area (TPSA) is 101 Å². The molecule has 0 saturated heterocycles. The number of benzene rings is 2. The van der Waals surface area contributed by atoms with Crippen LogP contribution < -0.4 is 15.8 Å². The molecule has 0 aromatic heterocycles. The molecule has 8 heteroatoms. The molecule has 0 heterocycles. The number of primary sulfonamides is 1. The van der Waals surface area contributed by atoms with E-state index in [-0.39, 0.29) is 17.3 Å². The Morgan fingerprint density at radius 1 is 1.17 bits per heavy atom. The van der Waals surface area contributed by atoms with Gasteiger partial charge in [0.2, 0.25) is 10.0 Å². The number of hydrogen-bond acceptors (Lipinski definition) is 3. The van der Waals surface area contributed by atoms with Gasteiger partial charge in [-0.2, -0.15) is 0 Å². The summed E-state index contributed by atoms with van der Waals surface area (Å²) in [5.41, 5.74) is 1.10. The molecule has 0 fully saturated rings. The van der Waals surface area contributed by atoms with E-state index in [0.29, 0.717) is 11.1 Å². The average molecular weight is 351 g/mol. The number of amides is 2. The van der Waals surface area contributed by atoms with Gasteiger partial charge < -0.3 is 10.6 Å². The number of halogens is 1. The molecule has 0 saturated carbocycles. The summed E-state index contributed by atoms with van der Waals surface area (Å²) in [6, 6.07) is 11.1. The standard InChI is InChI=1S/C16H18FN3O3S/c1-11(14-4-2-3-5-15(14)17)20-16(21)19-10-12-6-8-13(9-7-12)24(18,22)23/h2-9,11H,10H2,1H3,(H2,18,22,23)(H2,19,20,21). The van der Waals surface area contributed by atoms with Crippen molar-refractivity contribution in [2.24, 2.45) is 5.14 Å². The smallest absolute Gasteiger partial charge is 0.315 e. The van der Waals surface area contributed by atoms with Gasteiger partial charge in [-0.1, -0.05) is 30.3 Å². The lowest BCUT2D eigenvalue weighted by Crippen LogP contribution is -2.36. The molecule has 0 bridgehead atoms. The van der Waals surface area contributed by atoms with Crippen LogP contribution in [-0.2, 0) is 16.6 Å². The molecule has 4 N–H and O–H groups in total. The predicted molar refractivity (Wildman–Crippen MR) is 88.0 cm³/mol. The zero-order valence-corrected chi connectivity index (χ0v) is 13.8. The van der Waals surface area contributed by atoms with Gasteiger partial charge in [-0.25, -0.2) is 22.7 Å². The van der Waals surface area contributed by atoms with Gasteiger partial charge in [0.1, 0.15) is 5.82 Å². The maximum Gasteiger partial charge on any atom is 0.315 e. The average Bonchev–Trinajstić information content (AvgIpc) is 2.53. The molecule has 0 radical (unpaired) electrons. The monoisotopic (exact) mass is 351 g/mol. The molecule has 2 aromatic rings. The number of carbonyl (C=O) groups is 1. The third kappa shape index (κ3) is 4.77. The van der Waals surface area contributed by atoms with Gasteiger partial charge in [0.15, 0.2) is 0 Å². The normalized spacial score (nSPS) is 12.5. The van der Waals surface area contributed by atoms with Crippen LogP contribution in [0.1, 0.15) is 24.1 Å². The van der Waals surface area contributed by atoms with Gasteiger partial charge in [-0.15, -0.1) is 0 Å². The van der Waals surface area contributed by atoms with E-state index in [9.17, 15) is 17.6 Å². The van der Waals surface area contributed by atoms with Crippen LogP contribution in [0.15, 0.2) is 53.4 Å². The van der Waals surface area contributed by atoms with Crippen molar-refractivity contribution in [2.75, 3.05) is 0 Å². The van der Waals surface area contributed by atoms with Crippen molar-refractivity contribution in [3.8, 4) is 0 Å². The molecule has 2 amide bonds. The fraction of sp³-hybridized carbons (Fsp3) is 0.188. The second-order valence-electron chi connectivity index (χ2n) is 5.26. The Hall–Kier alpha value is -2.45. The summed E-state index contributed by atoms with van der Waals surface area (Å²) in [4.78, 5) is 11.9. The van der Waals surface area contributed by atoms with Crippen LogP contribution in [-0.4, -0.2) is 14.4 Å². The van der Waals surface area contributed by atoms with E-state index in [2.05, 4.69) is 10.6 Å². The fourth-order valence-electron chi connectivity index (χ4n) is 2.13. The second-order valence-corrected chi connectivity index (χ2v) is 6.82. The van der Waals surface area contributed by atoms with E-state index >= 15 is 0 Å². The number of rotatable bonds is 5. The zero-order valence-electron chi connectivity index (χ0n) is 13.0. The van der Waals surface area contributed by atoms with Crippen molar-refractivity contribution in [1.29, 1.82) is 0 Å². The molecule has 1 unspecified atom stereocenters. The first-order valence-electron chi connectivity index (χ1n) is 7.18. The summed E-state index contributed by atoms with van der Waals surface area (Å²) in [6.07, 6.45) is 0. The molecular weight excluding hydrogens is 333 g/mol. The summed E-state index contributed by atoms with van der Waals surface area (Å²) < 4.78 is 36.0. The Morgan fingerprint density at radius 2 is 1.79 bits per heavy atom. The van der Waals surface area contributed by atoms with E-state index < -0.39 is 22.1 Å². The highest BCUT2D eigenvalue weighted by molar-refractivity contribution is 7.89. The van der Waals surface area contributed by atoms with E-state index in [1.54, 1.807) is 37.3 Å². The largest absolute Gasteiger partial charge is 0.334 e. The minimum Gasteiger partial charge on any atom is -0.334 e. The molecule has 128 valence electrons. The highest BCUT2D eigenvalue weighted by atomic mass is 32.2. The van der Waals surface area contributed by atoms with E-state index in [1.807, 2.05) is 0 Å². The summed E-state index contributed by atoms with van der Waals surface area (Å²) in [7, 11) is -3.74. The Balaban J connectivity index is 1.90. The lowest BCUT2D eigenvalue weighted by atomic mass is 10.1. The van der Waals surface area contributed by atoms with E-state index in [4.69, 9.17) is 5.14 Å². The van der Waals surface area contributed by atoms with Gasteiger partial charge in [0, 0.05) is 12.1 Å². The minimum absolute atomic E-state index is 0.00359.